The van der Waals surface area contributed by atoms with Gasteiger partial charge < -0.3 is 14.7 Å². The van der Waals surface area contributed by atoms with Crippen molar-refractivity contribution in [2.45, 2.75) is 12.0 Å². The average Bonchev–Trinajstić information content (AvgIpc) is 2.66. The fraction of sp³-hybridized carbons (Fsp3) is 0.316. The first-order valence-corrected chi connectivity index (χ1v) is 9.83. The molecule has 1 amide bonds. The Hall–Kier alpha value is -1.01. The molecule has 0 bridgehead atoms. The summed E-state index contributed by atoms with van der Waals surface area (Å²) >= 11 is 24.4. The molecule has 8 heteroatoms. The first kappa shape index (κ1) is 20.7. The van der Waals surface area contributed by atoms with Gasteiger partial charge in [0, 0.05) is 19.6 Å². The van der Waals surface area contributed by atoms with Crippen LogP contribution in [0.3, 0.4) is 0 Å². The van der Waals surface area contributed by atoms with Gasteiger partial charge in [-0.3, -0.25) is 4.79 Å². The van der Waals surface area contributed by atoms with Crippen LogP contribution in [-0.4, -0.2) is 42.2 Å². The van der Waals surface area contributed by atoms with Crippen LogP contribution in [0.1, 0.15) is 22.3 Å². The van der Waals surface area contributed by atoms with E-state index in [4.69, 9.17) is 51.1 Å². The lowest BCUT2D eigenvalue weighted by Crippen LogP contribution is -2.52. The third kappa shape index (κ3) is 4.21. The Kier molecular flexibility index (Phi) is 6.57. The molecular formula is C19H17Cl4NO3. The van der Waals surface area contributed by atoms with Gasteiger partial charge in [0.25, 0.3) is 5.91 Å². The lowest BCUT2D eigenvalue weighted by atomic mass is 9.88. The van der Waals surface area contributed by atoms with Crippen LogP contribution in [0.2, 0.25) is 20.1 Å². The summed E-state index contributed by atoms with van der Waals surface area (Å²) in [7, 11) is 0. The monoisotopic (exact) mass is 447 g/mol. The van der Waals surface area contributed by atoms with Crippen molar-refractivity contribution in [3.63, 3.8) is 0 Å². The van der Waals surface area contributed by atoms with Gasteiger partial charge in [-0.1, -0.05) is 58.5 Å². The number of aliphatic hydroxyl groups excluding tert-OH is 1. The van der Waals surface area contributed by atoms with Gasteiger partial charge in [0.15, 0.2) is 0 Å². The van der Waals surface area contributed by atoms with Crippen molar-refractivity contribution in [1.29, 1.82) is 0 Å². The van der Waals surface area contributed by atoms with E-state index in [1.807, 2.05) is 0 Å². The number of halogens is 4. The van der Waals surface area contributed by atoms with Crippen LogP contribution < -0.4 is 0 Å². The van der Waals surface area contributed by atoms with E-state index >= 15 is 0 Å². The maximum absolute atomic E-state index is 13.0. The molecule has 1 aliphatic heterocycles. The average molecular weight is 449 g/mol. The minimum absolute atomic E-state index is 0.111. The molecule has 3 rings (SSSR count). The quantitative estimate of drug-likeness (QED) is 0.711. The minimum atomic E-state index is -0.887. The van der Waals surface area contributed by atoms with Gasteiger partial charge in [-0.2, -0.15) is 0 Å². The third-order valence-corrected chi connectivity index (χ3v) is 6.17. The number of carbonyl (C=O) groups is 1. The standard InChI is InChI=1S/C19H17Cl4NO3/c20-14-5-4-12(10-16(14)22)19(6-8-25)11-24(7-9-27-19)18(26)13-2-1-3-15(21)17(13)23/h1-5,10,25H,6-9,11H2. The lowest BCUT2D eigenvalue weighted by molar-refractivity contribution is -0.115. The molecule has 1 atom stereocenters. The van der Waals surface area contributed by atoms with E-state index < -0.39 is 5.60 Å². The summed E-state index contributed by atoms with van der Waals surface area (Å²) in [6, 6.07) is 10.1. The van der Waals surface area contributed by atoms with Crippen LogP contribution >= 0.6 is 46.4 Å². The van der Waals surface area contributed by atoms with Crippen molar-refractivity contribution >= 4 is 52.3 Å². The molecule has 1 heterocycles. The molecule has 27 heavy (non-hydrogen) atoms. The number of hydrogen-bond acceptors (Lipinski definition) is 3. The molecule has 2 aromatic rings. The summed E-state index contributed by atoms with van der Waals surface area (Å²) in [4.78, 5) is 14.7. The van der Waals surface area contributed by atoms with E-state index in [1.54, 1.807) is 41.3 Å². The van der Waals surface area contributed by atoms with Gasteiger partial charge in [0.2, 0.25) is 0 Å². The van der Waals surface area contributed by atoms with Gasteiger partial charge in [0.05, 0.1) is 38.8 Å². The van der Waals surface area contributed by atoms with E-state index in [-0.39, 0.29) is 24.1 Å². The van der Waals surface area contributed by atoms with E-state index in [1.165, 1.54) is 0 Å². The number of nitrogens with zero attached hydrogens (tertiary/aromatic N) is 1. The van der Waals surface area contributed by atoms with Crippen LogP contribution in [-0.2, 0) is 10.3 Å². The van der Waals surface area contributed by atoms with Crippen molar-refractivity contribution < 1.29 is 14.6 Å². The molecule has 1 unspecified atom stereocenters. The fourth-order valence-corrected chi connectivity index (χ4v) is 3.91. The number of carbonyl (C=O) groups excluding carboxylic acids is 1. The Morgan fingerprint density at radius 3 is 2.59 bits per heavy atom. The molecular weight excluding hydrogens is 432 g/mol. The van der Waals surface area contributed by atoms with Crippen molar-refractivity contribution in [3.8, 4) is 0 Å². The number of rotatable bonds is 4. The SMILES string of the molecule is O=C(c1cccc(Cl)c1Cl)N1CCOC(CCO)(c2ccc(Cl)c(Cl)c2)C1. The molecule has 1 aliphatic rings. The topological polar surface area (TPSA) is 49.8 Å². The maximum atomic E-state index is 13.0. The number of amides is 1. The Morgan fingerprint density at radius 2 is 1.89 bits per heavy atom. The summed E-state index contributed by atoms with van der Waals surface area (Å²) in [5, 5.41) is 11.0. The highest BCUT2D eigenvalue weighted by Gasteiger charge is 2.40. The van der Waals surface area contributed by atoms with Crippen LogP contribution in [0.5, 0.6) is 0 Å². The first-order chi connectivity index (χ1) is 12.9. The van der Waals surface area contributed by atoms with E-state index in [2.05, 4.69) is 0 Å². The molecule has 1 N–H and O–H groups in total. The molecule has 4 nitrogen and oxygen atoms in total. The van der Waals surface area contributed by atoms with Crippen LogP contribution in [0.15, 0.2) is 36.4 Å². The Bertz CT molecular complexity index is 857. The van der Waals surface area contributed by atoms with Crippen molar-refractivity contribution in [1.82, 2.24) is 4.90 Å². The zero-order valence-corrected chi connectivity index (χ0v) is 17.2. The molecule has 0 radical (unpaired) electrons. The molecule has 1 fully saturated rings. The molecule has 2 aromatic carbocycles. The van der Waals surface area contributed by atoms with Gasteiger partial charge in [-0.05, 0) is 29.8 Å². The van der Waals surface area contributed by atoms with Gasteiger partial charge >= 0.3 is 0 Å². The Morgan fingerprint density at radius 1 is 1.11 bits per heavy atom. The highest BCUT2D eigenvalue weighted by atomic mass is 35.5. The largest absolute Gasteiger partial charge is 0.396 e. The van der Waals surface area contributed by atoms with Crippen LogP contribution in [0, 0.1) is 0 Å². The number of aliphatic hydroxyl groups is 1. The Balaban J connectivity index is 1.94. The second-order valence-corrected chi connectivity index (χ2v) is 7.87. The van der Waals surface area contributed by atoms with Gasteiger partial charge in [0.1, 0.15) is 5.60 Å². The zero-order chi connectivity index (χ0) is 19.6. The second kappa shape index (κ2) is 8.56. The predicted octanol–water partition coefficient (Wildman–Crippen LogP) is 5.05. The normalized spacial score (nSPS) is 20.0. The fourth-order valence-electron chi connectivity index (χ4n) is 3.23. The van der Waals surface area contributed by atoms with E-state index in [0.29, 0.717) is 40.2 Å². The Labute approximate surface area is 177 Å². The molecule has 0 aliphatic carbocycles. The number of ether oxygens (including phenoxy) is 1. The highest BCUT2D eigenvalue weighted by Crippen LogP contribution is 2.37. The van der Waals surface area contributed by atoms with Crippen molar-refractivity contribution in [2.75, 3.05) is 26.3 Å². The first-order valence-electron chi connectivity index (χ1n) is 8.31. The van der Waals surface area contributed by atoms with Crippen molar-refractivity contribution in [2.24, 2.45) is 0 Å². The number of hydrogen-bond donors (Lipinski definition) is 1. The highest BCUT2D eigenvalue weighted by molar-refractivity contribution is 6.44. The van der Waals surface area contributed by atoms with Crippen LogP contribution in [0.25, 0.3) is 0 Å². The summed E-state index contributed by atoms with van der Waals surface area (Å²) < 4.78 is 6.04. The molecule has 144 valence electrons. The predicted molar refractivity (Wildman–Crippen MR) is 108 cm³/mol. The molecule has 1 saturated heterocycles. The summed E-state index contributed by atoms with van der Waals surface area (Å²) in [6.07, 6.45) is 0.304. The van der Waals surface area contributed by atoms with Crippen LogP contribution in [0.4, 0.5) is 0 Å². The van der Waals surface area contributed by atoms with E-state index in [0.717, 1.165) is 5.56 Å². The van der Waals surface area contributed by atoms with Gasteiger partial charge in [-0.25, -0.2) is 0 Å². The summed E-state index contributed by atoms with van der Waals surface area (Å²) in [5.41, 5.74) is 0.195. The maximum Gasteiger partial charge on any atom is 0.255 e. The third-order valence-electron chi connectivity index (χ3n) is 4.62. The van der Waals surface area contributed by atoms with Gasteiger partial charge in [-0.15, -0.1) is 0 Å². The second-order valence-electron chi connectivity index (χ2n) is 6.27. The summed E-state index contributed by atoms with van der Waals surface area (Å²) in [5.74, 6) is -0.242. The molecule has 0 aromatic heterocycles. The van der Waals surface area contributed by atoms with Crippen molar-refractivity contribution in [3.05, 3.63) is 67.6 Å². The lowest BCUT2D eigenvalue weighted by Gasteiger charge is -2.43. The summed E-state index contributed by atoms with van der Waals surface area (Å²) in [6.45, 7) is 0.841. The molecule has 0 saturated carbocycles. The van der Waals surface area contributed by atoms with E-state index in [9.17, 15) is 9.90 Å². The zero-order valence-electron chi connectivity index (χ0n) is 14.2. The molecule has 0 spiro atoms. The minimum Gasteiger partial charge on any atom is -0.396 e. The number of benzene rings is 2. The smallest absolute Gasteiger partial charge is 0.255 e. The number of morpholine rings is 1.